The number of pyridine rings is 1. The van der Waals surface area contributed by atoms with E-state index >= 15 is 0 Å². The SMILES string of the molecule is Cc1cc(COc2ccc(S(=O)(=O)NC3(C(=O)NO)CN(C(=O)[C@H]4C[C@@H](O)C4)C3)cc2)c2ccccc2n1. The molecular weight excluding hydrogens is 512 g/mol. The van der Waals surface area contributed by atoms with E-state index in [1.807, 2.05) is 37.3 Å². The third-order valence-corrected chi connectivity index (χ3v) is 8.57. The molecule has 1 aromatic heterocycles. The molecule has 4 N–H and O–H groups in total. The Bertz CT molecular complexity index is 1480. The number of rotatable bonds is 8. The molecule has 1 saturated carbocycles. The molecule has 2 heterocycles. The van der Waals surface area contributed by atoms with Crippen LogP contribution in [0.15, 0.2) is 59.5 Å². The molecule has 0 bridgehead atoms. The minimum Gasteiger partial charge on any atom is -0.489 e. The molecule has 0 radical (unpaired) electrons. The van der Waals surface area contributed by atoms with Crippen molar-refractivity contribution in [3.05, 3.63) is 65.9 Å². The van der Waals surface area contributed by atoms with Gasteiger partial charge in [-0.1, -0.05) is 18.2 Å². The number of aryl methyl sites for hydroxylation is 1. The average Bonchev–Trinajstić information content (AvgIpc) is 2.86. The third kappa shape index (κ3) is 4.95. The van der Waals surface area contributed by atoms with E-state index in [0.717, 1.165) is 22.2 Å². The maximum absolute atomic E-state index is 13.1. The number of sulfonamides is 1. The normalized spacial score (nSPS) is 20.3. The van der Waals surface area contributed by atoms with Gasteiger partial charge in [-0.05, 0) is 56.2 Å². The first-order chi connectivity index (χ1) is 18.1. The molecule has 2 amide bonds. The van der Waals surface area contributed by atoms with Crippen LogP contribution in [-0.4, -0.2) is 65.2 Å². The smallest absolute Gasteiger partial charge is 0.268 e. The van der Waals surface area contributed by atoms with Crippen molar-refractivity contribution in [1.29, 1.82) is 0 Å². The van der Waals surface area contributed by atoms with Crippen molar-refractivity contribution in [3.63, 3.8) is 0 Å². The number of benzene rings is 2. The maximum atomic E-state index is 13.1. The van der Waals surface area contributed by atoms with Crippen LogP contribution < -0.4 is 14.9 Å². The van der Waals surface area contributed by atoms with Crippen molar-refractivity contribution < 1.29 is 33.1 Å². The van der Waals surface area contributed by atoms with E-state index in [-0.39, 0.29) is 36.4 Å². The van der Waals surface area contributed by atoms with E-state index in [1.165, 1.54) is 34.6 Å². The van der Waals surface area contributed by atoms with Gasteiger partial charge in [-0.3, -0.25) is 19.8 Å². The summed E-state index contributed by atoms with van der Waals surface area (Å²) in [5, 5.41) is 19.6. The lowest BCUT2D eigenvalue weighted by atomic mass is 9.79. The molecular formula is C26H28N4O7S. The number of hydroxylamine groups is 1. The third-order valence-electron chi connectivity index (χ3n) is 7.02. The van der Waals surface area contributed by atoms with Gasteiger partial charge in [-0.25, -0.2) is 13.9 Å². The molecule has 0 atom stereocenters. The van der Waals surface area contributed by atoms with Crippen LogP contribution in [0.1, 0.15) is 24.1 Å². The lowest BCUT2D eigenvalue weighted by Crippen LogP contribution is -2.77. The summed E-state index contributed by atoms with van der Waals surface area (Å²) in [7, 11) is -4.19. The van der Waals surface area contributed by atoms with E-state index in [9.17, 15) is 28.3 Å². The van der Waals surface area contributed by atoms with Crippen LogP contribution in [0.25, 0.3) is 10.9 Å². The first kappa shape index (κ1) is 26.0. The predicted octanol–water partition coefficient (Wildman–Crippen LogP) is 1.26. The number of ether oxygens (including phenoxy) is 1. The molecule has 38 heavy (non-hydrogen) atoms. The number of carbonyl (C=O) groups excluding carboxylic acids is 2. The molecule has 1 aliphatic heterocycles. The highest BCUT2D eigenvalue weighted by molar-refractivity contribution is 7.89. The Hall–Kier alpha value is -3.58. The van der Waals surface area contributed by atoms with Gasteiger partial charge in [-0.2, -0.15) is 4.72 Å². The Kier molecular flexibility index (Phi) is 6.82. The number of aliphatic hydroxyl groups is 1. The molecule has 12 heteroatoms. The number of aromatic nitrogens is 1. The Labute approximate surface area is 219 Å². The van der Waals surface area contributed by atoms with E-state index in [2.05, 4.69) is 9.71 Å². The maximum Gasteiger partial charge on any atom is 0.268 e. The number of fused-ring (bicyclic) bond motifs is 1. The molecule has 2 aromatic carbocycles. The largest absolute Gasteiger partial charge is 0.489 e. The van der Waals surface area contributed by atoms with Crippen LogP contribution in [0, 0.1) is 12.8 Å². The van der Waals surface area contributed by atoms with Crippen LogP contribution in [0.2, 0.25) is 0 Å². The second-order valence-electron chi connectivity index (χ2n) is 9.84. The number of nitrogens with one attached hydrogen (secondary N) is 2. The van der Waals surface area contributed by atoms with Gasteiger partial charge in [0.15, 0.2) is 0 Å². The molecule has 1 saturated heterocycles. The minimum atomic E-state index is -4.19. The number of carbonyl (C=O) groups is 2. The summed E-state index contributed by atoms with van der Waals surface area (Å²) in [5.41, 5.74) is 2.46. The lowest BCUT2D eigenvalue weighted by Gasteiger charge is -2.50. The number of likely N-dealkylation sites (tertiary alicyclic amines) is 1. The fraction of sp³-hybridized carbons (Fsp3) is 0.346. The van der Waals surface area contributed by atoms with Crippen molar-refractivity contribution in [2.24, 2.45) is 5.92 Å². The summed E-state index contributed by atoms with van der Waals surface area (Å²) in [6.45, 7) is 1.70. The van der Waals surface area contributed by atoms with Crippen LogP contribution in [0.4, 0.5) is 0 Å². The zero-order valence-electron chi connectivity index (χ0n) is 20.6. The molecule has 2 aliphatic rings. The van der Waals surface area contributed by atoms with Gasteiger partial charge in [0.2, 0.25) is 15.9 Å². The Morgan fingerprint density at radius 2 is 1.82 bits per heavy atom. The quantitative estimate of drug-likeness (QED) is 0.246. The molecule has 0 unspecified atom stereocenters. The lowest BCUT2D eigenvalue weighted by molar-refractivity contribution is -0.157. The van der Waals surface area contributed by atoms with Crippen LogP contribution >= 0.6 is 0 Å². The average molecular weight is 541 g/mol. The van der Waals surface area contributed by atoms with Crippen LogP contribution in [-0.2, 0) is 26.2 Å². The second-order valence-corrected chi connectivity index (χ2v) is 11.5. The molecule has 3 aromatic rings. The topological polar surface area (TPSA) is 158 Å². The predicted molar refractivity (Wildman–Crippen MR) is 136 cm³/mol. The van der Waals surface area contributed by atoms with Crippen LogP contribution in [0.5, 0.6) is 5.75 Å². The van der Waals surface area contributed by atoms with Crippen molar-refractivity contribution in [2.45, 2.75) is 42.9 Å². The Morgan fingerprint density at radius 3 is 2.47 bits per heavy atom. The molecule has 5 rings (SSSR count). The zero-order chi connectivity index (χ0) is 27.1. The minimum absolute atomic E-state index is 0.105. The highest BCUT2D eigenvalue weighted by Crippen LogP contribution is 2.33. The van der Waals surface area contributed by atoms with Crippen LogP contribution in [0.3, 0.4) is 0 Å². The first-order valence-corrected chi connectivity index (χ1v) is 13.6. The van der Waals surface area contributed by atoms with Gasteiger partial charge in [0.25, 0.3) is 5.91 Å². The zero-order valence-corrected chi connectivity index (χ0v) is 21.4. The van der Waals surface area contributed by atoms with Gasteiger partial charge < -0.3 is 14.7 Å². The second kappa shape index (κ2) is 9.95. The molecule has 200 valence electrons. The standard InChI is InChI=1S/C26H28N4O7S/c1-16-10-18(22-4-2-3-5-23(22)27-16)13-37-20-6-8-21(9-7-20)38(35,36)29-26(25(33)28-34)14-30(15-26)24(32)17-11-19(31)12-17/h2-10,17,19,29,31,34H,11-15H2,1H3,(H,28,33)/t17-,19+. The van der Waals surface area contributed by atoms with Crippen molar-refractivity contribution in [1.82, 2.24) is 20.1 Å². The molecule has 1 aliphatic carbocycles. The summed E-state index contributed by atoms with van der Waals surface area (Å²) in [6, 6.07) is 15.4. The summed E-state index contributed by atoms with van der Waals surface area (Å²) in [6.07, 6.45) is 0.159. The molecule has 0 spiro atoms. The molecule has 11 nitrogen and oxygen atoms in total. The van der Waals surface area contributed by atoms with Gasteiger partial charge in [0.05, 0.1) is 29.6 Å². The summed E-state index contributed by atoms with van der Waals surface area (Å²) >= 11 is 0. The summed E-state index contributed by atoms with van der Waals surface area (Å²) in [5.74, 6) is -1.11. The van der Waals surface area contributed by atoms with Crippen molar-refractivity contribution in [2.75, 3.05) is 13.1 Å². The Morgan fingerprint density at radius 1 is 1.13 bits per heavy atom. The van der Waals surface area contributed by atoms with Gasteiger partial charge >= 0.3 is 0 Å². The van der Waals surface area contributed by atoms with E-state index < -0.39 is 27.6 Å². The fourth-order valence-electron chi connectivity index (χ4n) is 4.88. The van der Waals surface area contributed by atoms with E-state index in [0.29, 0.717) is 18.6 Å². The van der Waals surface area contributed by atoms with Gasteiger partial charge in [0, 0.05) is 22.6 Å². The number of hydrogen-bond acceptors (Lipinski definition) is 8. The van der Waals surface area contributed by atoms with E-state index in [4.69, 9.17) is 4.74 Å². The number of aliphatic hydroxyl groups excluding tert-OH is 1. The summed E-state index contributed by atoms with van der Waals surface area (Å²) < 4.78 is 34.4. The number of amides is 2. The summed E-state index contributed by atoms with van der Waals surface area (Å²) in [4.78, 5) is 30.7. The first-order valence-electron chi connectivity index (χ1n) is 12.1. The number of para-hydroxylation sites is 1. The number of hydrogen-bond donors (Lipinski definition) is 4. The van der Waals surface area contributed by atoms with Crippen molar-refractivity contribution >= 4 is 32.7 Å². The Balaban J connectivity index is 1.26. The van der Waals surface area contributed by atoms with E-state index in [1.54, 1.807) is 0 Å². The van der Waals surface area contributed by atoms with Gasteiger partial charge in [-0.15, -0.1) is 0 Å². The molecule has 2 fully saturated rings. The highest BCUT2D eigenvalue weighted by atomic mass is 32.2. The number of nitrogens with zero attached hydrogens (tertiary/aromatic N) is 2. The fourth-order valence-corrected chi connectivity index (χ4v) is 6.23. The van der Waals surface area contributed by atoms with Gasteiger partial charge in [0.1, 0.15) is 17.9 Å². The monoisotopic (exact) mass is 540 g/mol. The van der Waals surface area contributed by atoms with Crippen molar-refractivity contribution in [3.8, 4) is 5.75 Å². The highest BCUT2D eigenvalue weighted by Gasteiger charge is 2.55.